The quantitative estimate of drug-likeness (QED) is 0.915. The highest BCUT2D eigenvalue weighted by atomic mass is 19.1. The van der Waals surface area contributed by atoms with Gasteiger partial charge in [-0.05, 0) is 31.9 Å². The molecule has 1 amide bonds. The molecular formula is C14H16FNO4. The minimum absolute atomic E-state index is 0.127. The van der Waals surface area contributed by atoms with Gasteiger partial charge in [0, 0.05) is 13.1 Å². The summed E-state index contributed by atoms with van der Waals surface area (Å²) in [5.41, 5.74) is -0.548. The first-order valence-corrected chi connectivity index (χ1v) is 6.48. The van der Waals surface area contributed by atoms with Gasteiger partial charge in [-0.15, -0.1) is 0 Å². The average Bonchev–Trinajstić information content (AvgIpc) is 2.91. The predicted molar refractivity (Wildman–Crippen MR) is 69.3 cm³/mol. The first-order valence-electron chi connectivity index (χ1n) is 6.48. The minimum Gasteiger partial charge on any atom is -0.480 e. The highest BCUT2D eigenvalue weighted by molar-refractivity contribution is 5.91. The van der Waals surface area contributed by atoms with Crippen molar-refractivity contribution in [1.29, 1.82) is 0 Å². The Hall–Kier alpha value is -2.11. The number of likely N-dealkylation sites (tertiary alicyclic amines) is 1. The van der Waals surface area contributed by atoms with Crippen LogP contribution in [0.4, 0.5) is 4.39 Å². The Morgan fingerprint density at radius 3 is 2.60 bits per heavy atom. The van der Waals surface area contributed by atoms with Gasteiger partial charge in [0.05, 0.1) is 0 Å². The zero-order valence-electron chi connectivity index (χ0n) is 11.1. The number of carboxylic acid groups (broad SMARTS) is 1. The van der Waals surface area contributed by atoms with E-state index in [1.807, 2.05) is 0 Å². The fourth-order valence-electron chi connectivity index (χ4n) is 2.25. The number of nitrogens with zero attached hydrogens (tertiary/aromatic N) is 1. The molecule has 20 heavy (non-hydrogen) atoms. The van der Waals surface area contributed by atoms with E-state index in [9.17, 15) is 14.0 Å². The maximum Gasteiger partial charge on any atom is 0.342 e. The molecule has 1 aliphatic heterocycles. The fourth-order valence-corrected chi connectivity index (χ4v) is 2.25. The summed E-state index contributed by atoms with van der Waals surface area (Å²) < 4.78 is 18.8. The highest BCUT2D eigenvalue weighted by Gasteiger charge is 2.26. The molecule has 1 unspecified atom stereocenters. The van der Waals surface area contributed by atoms with Gasteiger partial charge in [-0.1, -0.05) is 6.07 Å². The van der Waals surface area contributed by atoms with Crippen molar-refractivity contribution in [3.8, 4) is 5.75 Å². The summed E-state index contributed by atoms with van der Waals surface area (Å²) in [7, 11) is 0. The maximum atomic E-state index is 13.5. The zero-order valence-corrected chi connectivity index (χ0v) is 11.1. The summed E-state index contributed by atoms with van der Waals surface area (Å²) in [5, 5.41) is 8.99. The molecule has 0 bridgehead atoms. The maximum absolute atomic E-state index is 13.5. The fraction of sp³-hybridized carbons (Fsp3) is 0.429. The molecule has 1 aliphatic rings. The van der Waals surface area contributed by atoms with Crippen molar-refractivity contribution in [2.45, 2.75) is 25.9 Å². The number of rotatable bonds is 4. The van der Waals surface area contributed by atoms with Gasteiger partial charge in [0.15, 0.2) is 6.10 Å². The molecule has 0 radical (unpaired) electrons. The lowest BCUT2D eigenvalue weighted by Gasteiger charge is -2.21. The van der Waals surface area contributed by atoms with E-state index in [4.69, 9.17) is 9.84 Å². The van der Waals surface area contributed by atoms with E-state index < -0.39 is 23.5 Å². The van der Waals surface area contributed by atoms with Gasteiger partial charge in [0.1, 0.15) is 17.1 Å². The third-order valence-corrected chi connectivity index (χ3v) is 3.26. The van der Waals surface area contributed by atoms with Crippen LogP contribution in [0.15, 0.2) is 18.2 Å². The first-order chi connectivity index (χ1) is 9.50. The predicted octanol–water partition coefficient (Wildman–Crippen LogP) is 1.91. The molecule has 1 atom stereocenters. The SMILES string of the molecule is CC(Oc1cccc(F)c1C(=O)O)C(=O)N1CCCC1. The highest BCUT2D eigenvalue weighted by Crippen LogP contribution is 2.23. The number of hydrogen-bond donors (Lipinski definition) is 1. The summed E-state index contributed by atoms with van der Waals surface area (Å²) in [6.45, 7) is 2.90. The van der Waals surface area contributed by atoms with Crippen LogP contribution in [0.1, 0.15) is 30.1 Å². The van der Waals surface area contributed by atoms with Crippen molar-refractivity contribution >= 4 is 11.9 Å². The van der Waals surface area contributed by atoms with Gasteiger partial charge >= 0.3 is 5.97 Å². The normalized spacial score (nSPS) is 16.0. The summed E-state index contributed by atoms with van der Waals surface area (Å²) in [6.07, 6.45) is 1.07. The number of aromatic carboxylic acids is 1. The minimum atomic E-state index is -1.42. The van der Waals surface area contributed by atoms with Crippen LogP contribution >= 0.6 is 0 Å². The van der Waals surface area contributed by atoms with Gasteiger partial charge < -0.3 is 14.7 Å². The molecule has 1 aromatic carbocycles. The largest absolute Gasteiger partial charge is 0.480 e. The first kappa shape index (κ1) is 14.3. The molecule has 1 heterocycles. The van der Waals surface area contributed by atoms with E-state index in [2.05, 4.69) is 0 Å². The van der Waals surface area contributed by atoms with Crippen molar-refractivity contribution in [1.82, 2.24) is 4.90 Å². The lowest BCUT2D eigenvalue weighted by atomic mass is 10.2. The summed E-state index contributed by atoms with van der Waals surface area (Å²) in [4.78, 5) is 24.8. The van der Waals surface area contributed by atoms with Crippen molar-refractivity contribution < 1.29 is 23.8 Å². The van der Waals surface area contributed by atoms with Crippen LogP contribution in [0.5, 0.6) is 5.75 Å². The second-order valence-electron chi connectivity index (χ2n) is 4.71. The van der Waals surface area contributed by atoms with Gasteiger partial charge in [-0.2, -0.15) is 0 Å². The summed E-state index contributed by atoms with van der Waals surface area (Å²) in [5.74, 6) is -2.63. The molecule has 0 aliphatic carbocycles. The second kappa shape index (κ2) is 5.90. The molecule has 0 spiro atoms. The lowest BCUT2D eigenvalue weighted by molar-refractivity contribution is -0.136. The van der Waals surface area contributed by atoms with Crippen LogP contribution in [0.25, 0.3) is 0 Å². The number of hydrogen-bond acceptors (Lipinski definition) is 3. The second-order valence-corrected chi connectivity index (χ2v) is 4.71. The van der Waals surface area contributed by atoms with E-state index in [0.29, 0.717) is 13.1 Å². The monoisotopic (exact) mass is 281 g/mol. The Bertz CT molecular complexity index is 526. The Morgan fingerprint density at radius 1 is 1.35 bits per heavy atom. The van der Waals surface area contributed by atoms with Crippen LogP contribution in [-0.4, -0.2) is 41.1 Å². The number of benzene rings is 1. The number of ether oxygens (including phenoxy) is 1. The molecule has 2 rings (SSSR count). The van der Waals surface area contributed by atoms with Crippen LogP contribution in [0.2, 0.25) is 0 Å². The molecule has 6 heteroatoms. The van der Waals surface area contributed by atoms with Gasteiger partial charge in [-0.3, -0.25) is 4.79 Å². The summed E-state index contributed by atoms with van der Waals surface area (Å²) >= 11 is 0. The van der Waals surface area contributed by atoms with Crippen LogP contribution < -0.4 is 4.74 Å². The third-order valence-electron chi connectivity index (χ3n) is 3.26. The molecule has 0 aromatic heterocycles. The number of carbonyl (C=O) groups excluding carboxylic acids is 1. The van der Waals surface area contributed by atoms with Crippen molar-refractivity contribution in [2.75, 3.05) is 13.1 Å². The Balaban J connectivity index is 2.15. The Labute approximate surface area is 116 Å². The zero-order chi connectivity index (χ0) is 14.7. The van der Waals surface area contributed by atoms with E-state index >= 15 is 0 Å². The number of carbonyl (C=O) groups is 2. The molecule has 5 nitrogen and oxygen atoms in total. The molecule has 108 valence electrons. The average molecular weight is 281 g/mol. The molecule has 1 saturated heterocycles. The standard InChI is InChI=1S/C14H16FNO4/c1-9(13(17)16-7-2-3-8-16)20-11-6-4-5-10(15)12(11)14(18)19/h4-6,9H,2-3,7-8H2,1H3,(H,18,19). The van der Waals surface area contributed by atoms with Crippen molar-refractivity contribution in [2.24, 2.45) is 0 Å². The van der Waals surface area contributed by atoms with E-state index in [-0.39, 0.29) is 11.7 Å². The number of carboxylic acids is 1. The van der Waals surface area contributed by atoms with Crippen molar-refractivity contribution in [3.05, 3.63) is 29.6 Å². The molecule has 1 fully saturated rings. The van der Waals surface area contributed by atoms with Crippen LogP contribution in [0, 0.1) is 5.82 Å². The smallest absolute Gasteiger partial charge is 0.342 e. The molecular weight excluding hydrogens is 265 g/mol. The number of amides is 1. The third kappa shape index (κ3) is 2.89. The molecule has 1 N–H and O–H groups in total. The van der Waals surface area contributed by atoms with Crippen molar-refractivity contribution in [3.63, 3.8) is 0 Å². The van der Waals surface area contributed by atoms with E-state index in [1.165, 1.54) is 19.1 Å². The van der Waals surface area contributed by atoms with Gasteiger partial charge in [-0.25, -0.2) is 9.18 Å². The van der Waals surface area contributed by atoms with Crippen LogP contribution in [0.3, 0.4) is 0 Å². The van der Waals surface area contributed by atoms with Crippen LogP contribution in [-0.2, 0) is 4.79 Å². The van der Waals surface area contributed by atoms with Gasteiger partial charge in [0.2, 0.25) is 0 Å². The Kier molecular flexibility index (Phi) is 4.22. The number of halogens is 1. The topological polar surface area (TPSA) is 66.8 Å². The summed E-state index contributed by atoms with van der Waals surface area (Å²) in [6, 6.07) is 3.74. The lowest BCUT2D eigenvalue weighted by Crippen LogP contribution is -2.38. The van der Waals surface area contributed by atoms with E-state index in [0.717, 1.165) is 18.9 Å². The Morgan fingerprint density at radius 2 is 2.00 bits per heavy atom. The van der Waals surface area contributed by atoms with Gasteiger partial charge in [0.25, 0.3) is 5.91 Å². The molecule has 1 aromatic rings. The van der Waals surface area contributed by atoms with E-state index in [1.54, 1.807) is 4.90 Å². The molecule has 0 saturated carbocycles.